The van der Waals surface area contributed by atoms with E-state index in [9.17, 15) is 8.78 Å². The highest BCUT2D eigenvalue weighted by Crippen LogP contribution is 2.21. The summed E-state index contributed by atoms with van der Waals surface area (Å²) in [5, 5.41) is 7.52. The SMILES string of the molecule is NC(N)=NN=C(Cc1ccccc1F)c1cc(F)ccc1Br. The number of guanidine groups is 1. The molecule has 0 aliphatic carbocycles. The van der Waals surface area contributed by atoms with Gasteiger partial charge in [0.1, 0.15) is 11.6 Å². The summed E-state index contributed by atoms with van der Waals surface area (Å²) in [4.78, 5) is 0. The molecule has 0 saturated heterocycles. The quantitative estimate of drug-likeness (QED) is 0.495. The van der Waals surface area contributed by atoms with Gasteiger partial charge in [0.15, 0.2) is 0 Å². The smallest absolute Gasteiger partial charge is 0.211 e. The van der Waals surface area contributed by atoms with Gasteiger partial charge in [0.25, 0.3) is 0 Å². The lowest BCUT2D eigenvalue weighted by Crippen LogP contribution is -2.22. The van der Waals surface area contributed by atoms with Gasteiger partial charge in [0.05, 0.1) is 5.71 Å². The standard InChI is InChI=1S/C15H13BrF2N4/c16-12-6-5-10(17)8-11(12)14(21-22-15(19)20)7-9-3-1-2-4-13(9)18/h1-6,8H,7H2,(H4,19,20,22). The van der Waals surface area contributed by atoms with E-state index in [4.69, 9.17) is 11.5 Å². The van der Waals surface area contributed by atoms with Gasteiger partial charge in [0, 0.05) is 16.5 Å². The first-order chi connectivity index (χ1) is 10.5. The average Bonchev–Trinajstić information content (AvgIpc) is 2.48. The maximum absolute atomic E-state index is 13.8. The minimum absolute atomic E-state index is 0.117. The first kappa shape index (κ1) is 16.1. The van der Waals surface area contributed by atoms with E-state index < -0.39 is 5.82 Å². The van der Waals surface area contributed by atoms with E-state index in [0.29, 0.717) is 21.3 Å². The highest BCUT2D eigenvalue weighted by atomic mass is 79.9. The van der Waals surface area contributed by atoms with Crippen LogP contribution in [0.4, 0.5) is 8.78 Å². The Kier molecular flexibility index (Phi) is 5.21. The second kappa shape index (κ2) is 7.13. The van der Waals surface area contributed by atoms with Crippen LogP contribution in [-0.2, 0) is 6.42 Å². The second-order valence-corrected chi connectivity index (χ2v) is 5.32. The molecule has 0 spiro atoms. The molecule has 7 heteroatoms. The molecule has 0 radical (unpaired) electrons. The van der Waals surface area contributed by atoms with Gasteiger partial charge in [0.2, 0.25) is 5.96 Å². The highest BCUT2D eigenvalue weighted by molar-refractivity contribution is 9.10. The van der Waals surface area contributed by atoms with Crippen molar-refractivity contribution in [1.29, 1.82) is 0 Å². The summed E-state index contributed by atoms with van der Waals surface area (Å²) in [7, 11) is 0. The fourth-order valence-corrected chi connectivity index (χ4v) is 2.32. The topological polar surface area (TPSA) is 76.8 Å². The summed E-state index contributed by atoms with van der Waals surface area (Å²) in [6, 6.07) is 10.4. The molecule has 0 bridgehead atoms. The number of nitrogens with zero attached hydrogens (tertiary/aromatic N) is 2. The van der Waals surface area contributed by atoms with Crippen LogP contribution in [0, 0.1) is 11.6 Å². The summed E-state index contributed by atoms with van der Waals surface area (Å²) < 4.78 is 27.9. The van der Waals surface area contributed by atoms with Gasteiger partial charge in [-0.3, -0.25) is 0 Å². The predicted molar refractivity (Wildman–Crippen MR) is 86.6 cm³/mol. The maximum atomic E-state index is 13.8. The Morgan fingerprint density at radius 2 is 1.77 bits per heavy atom. The van der Waals surface area contributed by atoms with Gasteiger partial charge in [-0.15, -0.1) is 5.10 Å². The van der Waals surface area contributed by atoms with Gasteiger partial charge in [-0.25, -0.2) is 8.78 Å². The van der Waals surface area contributed by atoms with E-state index >= 15 is 0 Å². The van der Waals surface area contributed by atoms with Crippen LogP contribution in [0.1, 0.15) is 11.1 Å². The first-order valence-electron chi connectivity index (χ1n) is 6.31. The lowest BCUT2D eigenvalue weighted by atomic mass is 10.0. The number of hydrogen-bond donors (Lipinski definition) is 2. The third-order valence-electron chi connectivity index (χ3n) is 2.84. The third kappa shape index (κ3) is 4.11. The van der Waals surface area contributed by atoms with Crippen molar-refractivity contribution in [3.8, 4) is 0 Å². The molecule has 22 heavy (non-hydrogen) atoms. The molecule has 2 aromatic carbocycles. The molecule has 0 aliphatic rings. The van der Waals surface area contributed by atoms with E-state index in [1.165, 1.54) is 24.3 Å². The van der Waals surface area contributed by atoms with Crippen LogP contribution in [0.25, 0.3) is 0 Å². The van der Waals surface area contributed by atoms with E-state index in [1.807, 2.05) is 0 Å². The summed E-state index contributed by atoms with van der Waals surface area (Å²) in [5.41, 5.74) is 11.7. The normalized spacial score (nSPS) is 11.3. The summed E-state index contributed by atoms with van der Waals surface area (Å²) in [6.07, 6.45) is 0.117. The Morgan fingerprint density at radius 3 is 2.45 bits per heavy atom. The van der Waals surface area contributed by atoms with Crippen molar-refractivity contribution in [3.63, 3.8) is 0 Å². The van der Waals surface area contributed by atoms with E-state index in [2.05, 4.69) is 26.1 Å². The Morgan fingerprint density at radius 1 is 1.05 bits per heavy atom. The van der Waals surface area contributed by atoms with Crippen LogP contribution in [0.3, 0.4) is 0 Å². The molecule has 0 heterocycles. The largest absolute Gasteiger partial charge is 0.369 e. The summed E-state index contributed by atoms with van der Waals surface area (Å²) >= 11 is 3.32. The molecule has 2 aromatic rings. The van der Waals surface area contributed by atoms with Crippen LogP contribution in [0.2, 0.25) is 0 Å². The van der Waals surface area contributed by atoms with Crippen molar-refractivity contribution in [2.75, 3.05) is 0 Å². The van der Waals surface area contributed by atoms with Crippen LogP contribution in [-0.4, -0.2) is 11.7 Å². The average molecular weight is 367 g/mol. The van der Waals surface area contributed by atoms with Gasteiger partial charge < -0.3 is 11.5 Å². The summed E-state index contributed by atoms with van der Waals surface area (Å²) in [6.45, 7) is 0. The Bertz CT molecular complexity index is 740. The number of benzene rings is 2. The van der Waals surface area contributed by atoms with Gasteiger partial charge in [-0.05, 0) is 29.8 Å². The predicted octanol–water partition coefficient (Wildman–Crippen LogP) is 2.95. The van der Waals surface area contributed by atoms with Crippen LogP contribution < -0.4 is 11.5 Å². The second-order valence-electron chi connectivity index (χ2n) is 4.46. The van der Waals surface area contributed by atoms with Crippen molar-refractivity contribution < 1.29 is 8.78 Å². The number of rotatable bonds is 4. The molecule has 0 aromatic heterocycles. The number of hydrogen-bond acceptors (Lipinski definition) is 2. The molecule has 0 atom stereocenters. The van der Waals surface area contributed by atoms with E-state index in [-0.39, 0.29) is 18.2 Å². The van der Waals surface area contributed by atoms with E-state index in [1.54, 1.807) is 18.2 Å². The molecule has 4 nitrogen and oxygen atoms in total. The minimum atomic E-state index is -0.441. The zero-order valence-electron chi connectivity index (χ0n) is 11.4. The van der Waals surface area contributed by atoms with Crippen LogP contribution in [0.15, 0.2) is 57.1 Å². The molecule has 0 amide bonds. The van der Waals surface area contributed by atoms with Crippen molar-refractivity contribution >= 4 is 27.6 Å². The molecule has 0 saturated carbocycles. The number of nitrogens with two attached hydrogens (primary N) is 2. The molecule has 0 fully saturated rings. The molecule has 0 aliphatic heterocycles. The molecular weight excluding hydrogens is 354 g/mol. The molecule has 114 valence electrons. The Labute approximate surface area is 134 Å². The lowest BCUT2D eigenvalue weighted by Gasteiger charge is -2.09. The van der Waals surface area contributed by atoms with Gasteiger partial charge >= 0.3 is 0 Å². The summed E-state index contributed by atoms with van der Waals surface area (Å²) in [5.74, 6) is -1.06. The Balaban J connectivity index is 2.48. The van der Waals surface area contributed by atoms with E-state index in [0.717, 1.165) is 0 Å². The zero-order valence-corrected chi connectivity index (χ0v) is 13.0. The highest BCUT2D eigenvalue weighted by Gasteiger charge is 2.13. The third-order valence-corrected chi connectivity index (χ3v) is 3.53. The van der Waals surface area contributed by atoms with Crippen molar-refractivity contribution in [3.05, 3.63) is 69.7 Å². The first-order valence-corrected chi connectivity index (χ1v) is 7.11. The molecular formula is C15H13BrF2N4. The zero-order chi connectivity index (χ0) is 16.1. The van der Waals surface area contributed by atoms with Crippen molar-refractivity contribution in [2.45, 2.75) is 6.42 Å². The van der Waals surface area contributed by atoms with Crippen LogP contribution >= 0.6 is 15.9 Å². The van der Waals surface area contributed by atoms with Crippen LogP contribution in [0.5, 0.6) is 0 Å². The fourth-order valence-electron chi connectivity index (χ4n) is 1.84. The number of halogens is 3. The van der Waals surface area contributed by atoms with Crippen molar-refractivity contribution in [1.82, 2.24) is 0 Å². The van der Waals surface area contributed by atoms with Gasteiger partial charge in [-0.1, -0.05) is 34.1 Å². The fraction of sp³-hybridized carbons (Fsp3) is 0.0667. The van der Waals surface area contributed by atoms with Gasteiger partial charge in [-0.2, -0.15) is 5.10 Å². The van der Waals surface area contributed by atoms with Crippen molar-refractivity contribution in [2.24, 2.45) is 21.7 Å². The molecule has 0 unspecified atom stereocenters. The maximum Gasteiger partial charge on any atom is 0.211 e. The molecule has 2 rings (SSSR count). The lowest BCUT2D eigenvalue weighted by molar-refractivity contribution is 0.616. The Hall–Kier alpha value is -2.28. The molecule has 4 N–H and O–H groups in total. The minimum Gasteiger partial charge on any atom is -0.369 e. The monoisotopic (exact) mass is 366 g/mol.